The molecule has 2 nitrogen and oxygen atoms in total. The van der Waals surface area contributed by atoms with E-state index in [9.17, 15) is 8.78 Å². The Morgan fingerprint density at radius 1 is 1.62 bits per heavy atom. The van der Waals surface area contributed by atoms with Crippen molar-refractivity contribution in [1.29, 1.82) is 0 Å². The molecule has 0 aromatic carbocycles. The quantitative estimate of drug-likeness (QED) is 0.672. The largest absolute Gasteiger partial charge is 0.390 e. The standard InChI is InChI=1S/C7H5ClF2INO/c8-3-1-5(11)12-4(2-13)6(3)7(9)10/h1,7,13H,2H2. The maximum absolute atomic E-state index is 12.4. The maximum Gasteiger partial charge on any atom is 0.267 e. The van der Waals surface area contributed by atoms with Gasteiger partial charge in [0.15, 0.2) is 0 Å². The number of pyridine rings is 1. The highest BCUT2D eigenvalue weighted by molar-refractivity contribution is 14.1. The summed E-state index contributed by atoms with van der Waals surface area (Å²) in [5, 5.41) is 8.70. The molecule has 0 amide bonds. The van der Waals surface area contributed by atoms with Crippen LogP contribution in [0.5, 0.6) is 0 Å². The Bertz CT molecular complexity index is 322. The Morgan fingerprint density at radius 3 is 2.69 bits per heavy atom. The Labute approximate surface area is 92.1 Å². The Hall–Kier alpha value is -0.0100. The van der Waals surface area contributed by atoms with Crippen LogP contribution in [0.4, 0.5) is 8.78 Å². The zero-order valence-electron chi connectivity index (χ0n) is 6.27. The highest BCUT2D eigenvalue weighted by Crippen LogP contribution is 2.30. The summed E-state index contributed by atoms with van der Waals surface area (Å²) < 4.78 is 25.2. The Kier molecular flexibility index (Phi) is 3.81. The van der Waals surface area contributed by atoms with Crippen LogP contribution >= 0.6 is 34.2 Å². The summed E-state index contributed by atoms with van der Waals surface area (Å²) in [6, 6.07) is 1.34. The van der Waals surface area contributed by atoms with Crippen molar-refractivity contribution in [1.82, 2.24) is 4.98 Å². The van der Waals surface area contributed by atoms with Crippen LogP contribution in [0.25, 0.3) is 0 Å². The van der Waals surface area contributed by atoms with Crippen molar-refractivity contribution in [2.75, 3.05) is 0 Å². The van der Waals surface area contributed by atoms with E-state index < -0.39 is 13.0 Å². The third kappa shape index (κ3) is 2.47. The predicted octanol–water partition coefficient (Wildman–Crippen LogP) is 2.77. The molecule has 0 atom stereocenters. The number of rotatable bonds is 2. The van der Waals surface area contributed by atoms with E-state index in [0.29, 0.717) is 3.70 Å². The van der Waals surface area contributed by atoms with Crippen molar-refractivity contribution in [2.24, 2.45) is 0 Å². The van der Waals surface area contributed by atoms with Gasteiger partial charge in [0.25, 0.3) is 6.43 Å². The number of halogens is 4. The zero-order chi connectivity index (χ0) is 10.0. The SMILES string of the molecule is OCc1nc(I)cc(Cl)c1C(F)F. The first kappa shape index (κ1) is 11.1. The number of aliphatic hydroxyl groups excluding tert-OH is 1. The summed E-state index contributed by atoms with van der Waals surface area (Å²) >= 11 is 7.42. The molecule has 1 heterocycles. The van der Waals surface area contributed by atoms with Crippen molar-refractivity contribution >= 4 is 34.2 Å². The molecule has 13 heavy (non-hydrogen) atoms. The van der Waals surface area contributed by atoms with E-state index in [0.717, 1.165) is 0 Å². The topological polar surface area (TPSA) is 33.1 Å². The second-order valence-electron chi connectivity index (χ2n) is 2.25. The van der Waals surface area contributed by atoms with Gasteiger partial charge >= 0.3 is 0 Å². The van der Waals surface area contributed by atoms with E-state index in [-0.39, 0.29) is 16.3 Å². The molecule has 0 aliphatic heterocycles. The highest BCUT2D eigenvalue weighted by Gasteiger charge is 2.18. The third-order valence-electron chi connectivity index (χ3n) is 1.42. The summed E-state index contributed by atoms with van der Waals surface area (Å²) in [4.78, 5) is 3.75. The van der Waals surface area contributed by atoms with Crippen LogP contribution in [0.3, 0.4) is 0 Å². The Morgan fingerprint density at radius 2 is 2.23 bits per heavy atom. The summed E-state index contributed by atoms with van der Waals surface area (Å²) in [6.07, 6.45) is -2.71. The first-order valence-electron chi connectivity index (χ1n) is 3.30. The van der Waals surface area contributed by atoms with Gasteiger partial charge in [-0.2, -0.15) is 0 Å². The molecule has 6 heteroatoms. The number of aliphatic hydroxyl groups is 1. The van der Waals surface area contributed by atoms with Gasteiger partial charge in [-0.05, 0) is 28.7 Å². The first-order valence-corrected chi connectivity index (χ1v) is 4.75. The second kappa shape index (κ2) is 4.47. The maximum atomic E-state index is 12.4. The molecule has 1 N–H and O–H groups in total. The van der Waals surface area contributed by atoms with Crippen LogP contribution in [0, 0.1) is 3.70 Å². The van der Waals surface area contributed by atoms with Crippen LogP contribution in [-0.2, 0) is 6.61 Å². The molecule has 0 bridgehead atoms. The van der Waals surface area contributed by atoms with Gasteiger partial charge in [-0.3, -0.25) is 0 Å². The van der Waals surface area contributed by atoms with Crippen LogP contribution in [0.2, 0.25) is 5.02 Å². The van der Waals surface area contributed by atoms with Gasteiger partial charge in [0, 0.05) is 0 Å². The van der Waals surface area contributed by atoms with Gasteiger partial charge in [0.2, 0.25) is 0 Å². The lowest BCUT2D eigenvalue weighted by atomic mass is 10.2. The number of hydrogen-bond donors (Lipinski definition) is 1. The minimum absolute atomic E-state index is 0.0570. The van der Waals surface area contributed by atoms with E-state index in [1.807, 2.05) is 22.6 Å². The lowest BCUT2D eigenvalue weighted by Crippen LogP contribution is -2.01. The van der Waals surface area contributed by atoms with Gasteiger partial charge in [-0.1, -0.05) is 11.6 Å². The molecular weight excluding hydrogens is 314 g/mol. The zero-order valence-corrected chi connectivity index (χ0v) is 9.18. The van der Waals surface area contributed by atoms with Gasteiger partial charge in [-0.15, -0.1) is 0 Å². The van der Waals surface area contributed by atoms with Crippen LogP contribution in [0.15, 0.2) is 6.07 Å². The van der Waals surface area contributed by atoms with E-state index in [1.165, 1.54) is 6.07 Å². The molecule has 1 aromatic heterocycles. The van der Waals surface area contributed by atoms with Gasteiger partial charge in [-0.25, -0.2) is 13.8 Å². The molecule has 72 valence electrons. The van der Waals surface area contributed by atoms with E-state index in [1.54, 1.807) is 0 Å². The molecule has 0 saturated carbocycles. The molecule has 0 unspecified atom stereocenters. The van der Waals surface area contributed by atoms with E-state index in [4.69, 9.17) is 16.7 Å². The molecule has 0 saturated heterocycles. The first-order chi connectivity index (χ1) is 6.06. The van der Waals surface area contributed by atoms with Crippen molar-refractivity contribution < 1.29 is 13.9 Å². The fourth-order valence-corrected chi connectivity index (χ4v) is 1.97. The van der Waals surface area contributed by atoms with Crippen molar-refractivity contribution in [3.63, 3.8) is 0 Å². The van der Waals surface area contributed by atoms with Crippen molar-refractivity contribution in [3.8, 4) is 0 Å². The molecule has 1 rings (SSSR count). The summed E-state index contributed by atoms with van der Waals surface area (Å²) in [7, 11) is 0. The summed E-state index contributed by atoms with van der Waals surface area (Å²) in [5.74, 6) is 0. The van der Waals surface area contributed by atoms with Crippen molar-refractivity contribution in [2.45, 2.75) is 13.0 Å². The summed E-state index contributed by atoms with van der Waals surface area (Å²) in [5.41, 5.74) is -0.448. The lowest BCUT2D eigenvalue weighted by molar-refractivity contribution is 0.146. The van der Waals surface area contributed by atoms with Gasteiger partial charge < -0.3 is 5.11 Å². The van der Waals surface area contributed by atoms with Gasteiger partial charge in [0.1, 0.15) is 3.70 Å². The number of nitrogens with zero attached hydrogens (tertiary/aromatic N) is 1. The number of alkyl halides is 2. The minimum Gasteiger partial charge on any atom is -0.390 e. The summed E-state index contributed by atoms with van der Waals surface area (Å²) in [6.45, 7) is -0.532. The normalized spacial score (nSPS) is 10.9. The molecule has 0 aliphatic carbocycles. The lowest BCUT2D eigenvalue weighted by Gasteiger charge is -2.07. The van der Waals surface area contributed by atoms with Gasteiger partial charge in [0.05, 0.1) is 22.9 Å². The van der Waals surface area contributed by atoms with Crippen LogP contribution in [0.1, 0.15) is 17.7 Å². The average Bonchev–Trinajstić information content (AvgIpc) is 2.01. The van der Waals surface area contributed by atoms with Crippen LogP contribution in [-0.4, -0.2) is 10.1 Å². The smallest absolute Gasteiger partial charge is 0.267 e. The number of hydrogen-bond acceptors (Lipinski definition) is 2. The monoisotopic (exact) mass is 319 g/mol. The van der Waals surface area contributed by atoms with Crippen molar-refractivity contribution in [3.05, 3.63) is 26.0 Å². The molecule has 0 fully saturated rings. The molecule has 0 spiro atoms. The van der Waals surface area contributed by atoms with E-state index in [2.05, 4.69) is 4.98 Å². The highest BCUT2D eigenvalue weighted by atomic mass is 127. The fourth-order valence-electron chi connectivity index (χ4n) is 0.892. The third-order valence-corrected chi connectivity index (χ3v) is 2.29. The van der Waals surface area contributed by atoms with E-state index >= 15 is 0 Å². The molecule has 0 radical (unpaired) electrons. The Balaban J connectivity index is 3.30. The molecule has 0 aliphatic rings. The minimum atomic E-state index is -2.71. The number of aromatic nitrogens is 1. The predicted molar refractivity (Wildman–Crippen MR) is 52.8 cm³/mol. The molecule has 1 aromatic rings. The molecular formula is C7H5ClF2INO. The van der Waals surface area contributed by atoms with Crippen LogP contribution < -0.4 is 0 Å². The average molecular weight is 319 g/mol. The fraction of sp³-hybridized carbons (Fsp3) is 0.286. The second-order valence-corrected chi connectivity index (χ2v) is 3.76.